The fraction of sp³-hybridized carbons (Fsp3) is 1.00. The third kappa shape index (κ3) is 3.70. The van der Waals surface area contributed by atoms with E-state index in [1.54, 1.807) is 7.05 Å². The van der Waals surface area contributed by atoms with Gasteiger partial charge in [0.25, 0.3) is 0 Å². The van der Waals surface area contributed by atoms with Gasteiger partial charge in [-0.25, -0.2) is 5.48 Å². The average molecular weight is 158 g/mol. The van der Waals surface area contributed by atoms with E-state index >= 15 is 0 Å². The summed E-state index contributed by atoms with van der Waals surface area (Å²) in [7, 11) is 1.79. The molecule has 0 saturated heterocycles. The summed E-state index contributed by atoms with van der Waals surface area (Å²) in [5.41, 5.74) is 2.65. The zero-order valence-electron chi connectivity index (χ0n) is 7.23. The van der Waals surface area contributed by atoms with Gasteiger partial charge in [-0.15, -0.1) is 0 Å². The number of hydroxylamine groups is 1. The quantitative estimate of drug-likeness (QED) is 0.456. The van der Waals surface area contributed by atoms with Crippen LogP contribution >= 0.6 is 0 Å². The van der Waals surface area contributed by atoms with Gasteiger partial charge >= 0.3 is 0 Å². The summed E-state index contributed by atoms with van der Waals surface area (Å²) in [6, 6.07) is 0.760. The second-order valence-electron chi connectivity index (χ2n) is 2.99. The number of rotatable bonds is 5. The molecule has 2 N–H and O–H groups in total. The van der Waals surface area contributed by atoms with Crippen LogP contribution in [-0.2, 0) is 4.84 Å². The Labute approximate surface area is 68.5 Å². The van der Waals surface area contributed by atoms with E-state index in [9.17, 15) is 0 Å². The standard InChI is InChI=1S/C8H18N2O/c1-9-11-7-6-10-8-4-2-3-5-8/h8-10H,2-7H2,1H3. The Morgan fingerprint density at radius 1 is 1.36 bits per heavy atom. The van der Waals surface area contributed by atoms with Crippen molar-refractivity contribution in [1.29, 1.82) is 0 Å². The lowest BCUT2D eigenvalue weighted by Gasteiger charge is -2.10. The van der Waals surface area contributed by atoms with Gasteiger partial charge in [0.2, 0.25) is 0 Å². The lowest BCUT2D eigenvalue weighted by atomic mass is 10.2. The molecule has 66 valence electrons. The fourth-order valence-electron chi connectivity index (χ4n) is 1.55. The Balaban J connectivity index is 1.86. The van der Waals surface area contributed by atoms with Gasteiger partial charge in [0, 0.05) is 19.6 Å². The third-order valence-electron chi connectivity index (χ3n) is 2.14. The van der Waals surface area contributed by atoms with Crippen LogP contribution in [-0.4, -0.2) is 26.2 Å². The minimum atomic E-state index is 0.757. The summed E-state index contributed by atoms with van der Waals surface area (Å²) >= 11 is 0. The molecule has 1 saturated carbocycles. The highest BCUT2D eigenvalue weighted by Crippen LogP contribution is 2.16. The number of hydrogen-bond donors (Lipinski definition) is 2. The van der Waals surface area contributed by atoms with E-state index in [1.807, 2.05) is 0 Å². The lowest BCUT2D eigenvalue weighted by Crippen LogP contribution is -2.30. The zero-order chi connectivity index (χ0) is 7.94. The van der Waals surface area contributed by atoms with Crippen LogP contribution in [0.15, 0.2) is 0 Å². The maximum absolute atomic E-state index is 4.98. The second kappa shape index (κ2) is 5.52. The minimum Gasteiger partial charge on any atom is -0.312 e. The predicted molar refractivity (Wildman–Crippen MR) is 45.3 cm³/mol. The van der Waals surface area contributed by atoms with Gasteiger partial charge in [-0.3, -0.25) is 0 Å². The SMILES string of the molecule is CNOCCNC1CCCC1. The molecule has 0 radical (unpaired) electrons. The summed E-state index contributed by atoms with van der Waals surface area (Å²) in [6.45, 7) is 1.72. The molecule has 1 rings (SSSR count). The Morgan fingerprint density at radius 2 is 2.09 bits per heavy atom. The summed E-state index contributed by atoms with van der Waals surface area (Å²) in [5, 5.41) is 3.45. The van der Waals surface area contributed by atoms with Gasteiger partial charge in [0.15, 0.2) is 0 Å². The smallest absolute Gasteiger partial charge is 0.0806 e. The van der Waals surface area contributed by atoms with Crippen LogP contribution in [0.1, 0.15) is 25.7 Å². The van der Waals surface area contributed by atoms with Crippen LogP contribution in [0.25, 0.3) is 0 Å². The van der Waals surface area contributed by atoms with E-state index in [1.165, 1.54) is 25.7 Å². The monoisotopic (exact) mass is 158 g/mol. The molecule has 0 aliphatic heterocycles. The van der Waals surface area contributed by atoms with E-state index in [-0.39, 0.29) is 0 Å². The average Bonchev–Trinajstić information content (AvgIpc) is 2.50. The molecule has 1 fully saturated rings. The minimum absolute atomic E-state index is 0.757. The van der Waals surface area contributed by atoms with Crippen molar-refractivity contribution in [1.82, 2.24) is 10.8 Å². The molecule has 0 spiro atoms. The Morgan fingerprint density at radius 3 is 2.73 bits per heavy atom. The topological polar surface area (TPSA) is 33.3 Å². The first-order chi connectivity index (χ1) is 5.43. The molecule has 1 aliphatic carbocycles. The normalized spacial score (nSPS) is 19.4. The molecule has 0 heterocycles. The Kier molecular flexibility index (Phi) is 4.50. The maximum Gasteiger partial charge on any atom is 0.0806 e. The molecule has 3 heteroatoms. The van der Waals surface area contributed by atoms with E-state index in [4.69, 9.17) is 4.84 Å². The zero-order valence-corrected chi connectivity index (χ0v) is 7.23. The predicted octanol–water partition coefficient (Wildman–Crippen LogP) is 0.670. The summed E-state index contributed by atoms with van der Waals surface area (Å²) in [6.07, 6.45) is 5.48. The summed E-state index contributed by atoms with van der Waals surface area (Å²) in [5.74, 6) is 0. The van der Waals surface area contributed by atoms with Crippen molar-refractivity contribution in [3.05, 3.63) is 0 Å². The van der Waals surface area contributed by atoms with Crippen LogP contribution in [0.5, 0.6) is 0 Å². The van der Waals surface area contributed by atoms with Crippen molar-refractivity contribution in [3.8, 4) is 0 Å². The fourth-order valence-corrected chi connectivity index (χ4v) is 1.55. The highest BCUT2D eigenvalue weighted by molar-refractivity contribution is 4.72. The van der Waals surface area contributed by atoms with Gasteiger partial charge in [-0.1, -0.05) is 12.8 Å². The van der Waals surface area contributed by atoms with Crippen molar-refractivity contribution >= 4 is 0 Å². The Bertz CT molecular complexity index is 92.1. The molecule has 3 nitrogen and oxygen atoms in total. The largest absolute Gasteiger partial charge is 0.312 e. The molecule has 0 aromatic rings. The first kappa shape index (κ1) is 8.97. The van der Waals surface area contributed by atoms with Crippen molar-refractivity contribution in [2.75, 3.05) is 20.2 Å². The number of hydrogen-bond acceptors (Lipinski definition) is 3. The van der Waals surface area contributed by atoms with Crippen molar-refractivity contribution in [2.24, 2.45) is 0 Å². The molecular formula is C8H18N2O. The second-order valence-corrected chi connectivity index (χ2v) is 2.99. The third-order valence-corrected chi connectivity index (χ3v) is 2.14. The molecule has 0 unspecified atom stereocenters. The van der Waals surface area contributed by atoms with E-state index in [2.05, 4.69) is 10.8 Å². The van der Waals surface area contributed by atoms with Crippen molar-refractivity contribution in [2.45, 2.75) is 31.7 Å². The van der Waals surface area contributed by atoms with Crippen LogP contribution in [0.3, 0.4) is 0 Å². The van der Waals surface area contributed by atoms with Crippen molar-refractivity contribution in [3.63, 3.8) is 0 Å². The Hall–Kier alpha value is -0.120. The van der Waals surface area contributed by atoms with E-state index in [0.717, 1.165) is 19.2 Å². The van der Waals surface area contributed by atoms with Gasteiger partial charge in [0.05, 0.1) is 6.61 Å². The van der Waals surface area contributed by atoms with Crippen LogP contribution in [0.4, 0.5) is 0 Å². The molecule has 1 aliphatic rings. The molecular weight excluding hydrogens is 140 g/mol. The molecule has 0 bridgehead atoms. The van der Waals surface area contributed by atoms with Gasteiger partial charge in [-0.2, -0.15) is 0 Å². The molecule has 0 aromatic heterocycles. The van der Waals surface area contributed by atoms with Crippen LogP contribution in [0, 0.1) is 0 Å². The first-order valence-electron chi connectivity index (χ1n) is 4.45. The highest BCUT2D eigenvalue weighted by Gasteiger charge is 2.12. The highest BCUT2D eigenvalue weighted by atomic mass is 16.6. The van der Waals surface area contributed by atoms with E-state index < -0.39 is 0 Å². The number of nitrogens with one attached hydrogen (secondary N) is 2. The van der Waals surface area contributed by atoms with Crippen LogP contribution < -0.4 is 10.8 Å². The molecule has 0 aromatic carbocycles. The summed E-state index contributed by atoms with van der Waals surface area (Å²) in [4.78, 5) is 4.98. The molecule has 11 heavy (non-hydrogen) atoms. The van der Waals surface area contributed by atoms with E-state index in [0.29, 0.717) is 0 Å². The lowest BCUT2D eigenvalue weighted by molar-refractivity contribution is 0.0588. The molecule has 0 atom stereocenters. The maximum atomic E-state index is 4.98. The summed E-state index contributed by atoms with van der Waals surface area (Å²) < 4.78 is 0. The van der Waals surface area contributed by atoms with Gasteiger partial charge < -0.3 is 10.2 Å². The van der Waals surface area contributed by atoms with Crippen LogP contribution in [0.2, 0.25) is 0 Å². The van der Waals surface area contributed by atoms with Gasteiger partial charge in [-0.05, 0) is 12.8 Å². The molecule has 0 amide bonds. The first-order valence-corrected chi connectivity index (χ1v) is 4.45. The van der Waals surface area contributed by atoms with Gasteiger partial charge in [0.1, 0.15) is 0 Å². The van der Waals surface area contributed by atoms with Crippen molar-refractivity contribution < 1.29 is 4.84 Å².